The molecule has 0 amide bonds. The summed E-state index contributed by atoms with van der Waals surface area (Å²) in [7, 11) is 1.91. The Hall–Kier alpha value is -1.58. The lowest BCUT2D eigenvalue weighted by Gasteiger charge is -2.14. The lowest BCUT2D eigenvalue weighted by atomic mass is 10.1. The highest BCUT2D eigenvalue weighted by Crippen LogP contribution is 2.32. The van der Waals surface area contributed by atoms with Crippen molar-refractivity contribution in [3.63, 3.8) is 0 Å². The SMILES string of the molecule is CNCc1ccncc1Oc1c(C)cc(Cl)cc1C. The van der Waals surface area contributed by atoms with Crippen LogP contribution in [-0.4, -0.2) is 12.0 Å². The fourth-order valence-electron chi connectivity index (χ4n) is 2.01. The molecule has 1 aromatic heterocycles. The quantitative estimate of drug-likeness (QED) is 0.921. The van der Waals surface area contributed by atoms with E-state index in [0.717, 1.165) is 39.8 Å². The highest BCUT2D eigenvalue weighted by Gasteiger charge is 2.10. The Balaban J connectivity index is 2.36. The van der Waals surface area contributed by atoms with Crippen molar-refractivity contribution in [2.24, 2.45) is 0 Å². The van der Waals surface area contributed by atoms with Gasteiger partial charge in [0.2, 0.25) is 0 Å². The maximum atomic E-state index is 6.03. The van der Waals surface area contributed by atoms with Crippen molar-refractivity contribution in [3.05, 3.63) is 52.3 Å². The third-order valence-corrected chi connectivity index (χ3v) is 3.09. The van der Waals surface area contributed by atoms with E-state index in [1.807, 2.05) is 39.1 Å². The molecule has 19 heavy (non-hydrogen) atoms. The molecule has 0 atom stereocenters. The molecule has 0 bridgehead atoms. The summed E-state index contributed by atoms with van der Waals surface area (Å²) in [5.74, 6) is 1.61. The van der Waals surface area contributed by atoms with Gasteiger partial charge in [0.15, 0.2) is 0 Å². The van der Waals surface area contributed by atoms with Crippen molar-refractivity contribution in [3.8, 4) is 11.5 Å². The van der Waals surface area contributed by atoms with Gasteiger partial charge in [0, 0.05) is 23.3 Å². The maximum absolute atomic E-state index is 6.03. The largest absolute Gasteiger partial charge is 0.455 e. The zero-order valence-corrected chi connectivity index (χ0v) is 12.1. The number of rotatable bonds is 4. The minimum absolute atomic E-state index is 0.726. The normalized spacial score (nSPS) is 10.5. The molecule has 2 aromatic rings. The van der Waals surface area contributed by atoms with Gasteiger partial charge in [-0.2, -0.15) is 0 Å². The van der Waals surface area contributed by atoms with Gasteiger partial charge in [0.05, 0.1) is 6.20 Å². The van der Waals surface area contributed by atoms with E-state index in [1.54, 1.807) is 12.4 Å². The van der Waals surface area contributed by atoms with E-state index < -0.39 is 0 Å². The molecule has 0 spiro atoms. The third-order valence-electron chi connectivity index (χ3n) is 2.87. The minimum Gasteiger partial charge on any atom is -0.455 e. The summed E-state index contributed by atoms with van der Waals surface area (Å²) in [5.41, 5.74) is 3.11. The van der Waals surface area contributed by atoms with Crippen LogP contribution in [0.4, 0.5) is 0 Å². The first-order valence-electron chi connectivity index (χ1n) is 6.14. The van der Waals surface area contributed by atoms with Crippen LogP contribution in [0, 0.1) is 13.8 Å². The van der Waals surface area contributed by atoms with Crippen LogP contribution < -0.4 is 10.1 Å². The van der Waals surface area contributed by atoms with Crippen molar-refractivity contribution in [1.82, 2.24) is 10.3 Å². The molecule has 0 saturated heterocycles. The Morgan fingerprint density at radius 1 is 1.26 bits per heavy atom. The van der Waals surface area contributed by atoms with Gasteiger partial charge in [-0.25, -0.2) is 0 Å². The van der Waals surface area contributed by atoms with E-state index in [4.69, 9.17) is 16.3 Å². The van der Waals surface area contributed by atoms with Crippen molar-refractivity contribution < 1.29 is 4.74 Å². The molecular weight excluding hydrogens is 260 g/mol. The number of benzene rings is 1. The van der Waals surface area contributed by atoms with Crippen LogP contribution in [0.15, 0.2) is 30.6 Å². The second kappa shape index (κ2) is 6.04. The van der Waals surface area contributed by atoms with Crippen LogP contribution in [0.3, 0.4) is 0 Å². The fraction of sp³-hybridized carbons (Fsp3) is 0.267. The number of pyridine rings is 1. The molecule has 1 aromatic carbocycles. The van der Waals surface area contributed by atoms with Crippen LogP contribution in [0.25, 0.3) is 0 Å². The Bertz CT molecular complexity index is 561. The molecule has 0 radical (unpaired) electrons. The zero-order valence-electron chi connectivity index (χ0n) is 11.3. The molecule has 2 rings (SSSR count). The zero-order chi connectivity index (χ0) is 13.8. The van der Waals surface area contributed by atoms with E-state index in [2.05, 4.69) is 10.3 Å². The number of halogens is 1. The van der Waals surface area contributed by atoms with Crippen molar-refractivity contribution in [2.45, 2.75) is 20.4 Å². The van der Waals surface area contributed by atoms with E-state index in [1.165, 1.54) is 0 Å². The molecule has 4 heteroatoms. The molecule has 0 aliphatic heterocycles. The summed E-state index contributed by atoms with van der Waals surface area (Å²) in [5, 5.41) is 3.85. The highest BCUT2D eigenvalue weighted by molar-refractivity contribution is 6.30. The van der Waals surface area contributed by atoms with Gasteiger partial charge < -0.3 is 10.1 Å². The summed E-state index contributed by atoms with van der Waals surface area (Å²) in [6.45, 7) is 4.72. The second-order valence-electron chi connectivity index (χ2n) is 4.48. The Labute approximate surface area is 118 Å². The van der Waals surface area contributed by atoms with Crippen LogP contribution in [0.2, 0.25) is 5.02 Å². The lowest BCUT2D eigenvalue weighted by molar-refractivity contribution is 0.464. The number of nitrogens with zero attached hydrogens (tertiary/aromatic N) is 1. The summed E-state index contributed by atoms with van der Waals surface area (Å²) in [6.07, 6.45) is 3.50. The number of hydrogen-bond acceptors (Lipinski definition) is 3. The van der Waals surface area contributed by atoms with Gasteiger partial charge in [-0.05, 0) is 50.2 Å². The topological polar surface area (TPSA) is 34.2 Å². The average Bonchev–Trinajstić information content (AvgIpc) is 2.36. The van der Waals surface area contributed by atoms with Gasteiger partial charge >= 0.3 is 0 Å². The Kier molecular flexibility index (Phi) is 4.40. The monoisotopic (exact) mass is 276 g/mol. The van der Waals surface area contributed by atoms with E-state index in [0.29, 0.717) is 0 Å². The maximum Gasteiger partial charge on any atom is 0.150 e. The number of ether oxygens (including phenoxy) is 1. The number of aryl methyl sites for hydroxylation is 2. The van der Waals surface area contributed by atoms with E-state index >= 15 is 0 Å². The summed E-state index contributed by atoms with van der Waals surface area (Å²) >= 11 is 6.03. The van der Waals surface area contributed by atoms with Crippen LogP contribution in [-0.2, 0) is 6.54 Å². The third kappa shape index (κ3) is 3.25. The molecule has 1 N–H and O–H groups in total. The fourth-order valence-corrected chi connectivity index (χ4v) is 2.33. The molecule has 0 aliphatic carbocycles. The Morgan fingerprint density at radius 3 is 2.58 bits per heavy atom. The van der Waals surface area contributed by atoms with Crippen LogP contribution in [0.5, 0.6) is 11.5 Å². The number of hydrogen-bond donors (Lipinski definition) is 1. The lowest BCUT2D eigenvalue weighted by Crippen LogP contribution is -2.07. The molecule has 0 aliphatic rings. The molecule has 0 saturated carbocycles. The van der Waals surface area contributed by atoms with Gasteiger partial charge in [-0.1, -0.05) is 11.6 Å². The standard InChI is InChI=1S/C15H17ClN2O/c1-10-6-13(16)7-11(2)15(10)19-14-9-18-5-4-12(14)8-17-3/h4-7,9,17H,8H2,1-3H3. The van der Waals surface area contributed by atoms with Gasteiger partial charge in [0.25, 0.3) is 0 Å². The number of aromatic nitrogens is 1. The molecule has 0 fully saturated rings. The first kappa shape index (κ1) is 13.8. The van der Waals surface area contributed by atoms with E-state index in [-0.39, 0.29) is 0 Å². The molecule has 0 unspecified atom stereocenters. The predicted octanol–water partition coefficient (Wildman–Crippen LogP) is 3.86. The van der Waals surface area contributed by atoms with Gasteiger partial charge in [0.1, 0.15) is 11.5 Å². The van der Waals surface area contributed by atoms with Gasteiger partial charge in [-0.15, -0.1) is 0 Å². The summed E-state index contributed by atoms with van der Waals surface area (Å²) in [6, 6.07) is 5.75. The van der Waals surface area contributed by atoms with Gasteiger partial charge in [-0.3, -0.25) is 4.98 Å². The summed E-state index contributed by atoms with van der Waals surface area (Å²) < 4.78 is 6.02. The molecular formula is C15H17ClN2O. The molecule has 3 nitrogen and oxygen atoms in total. The predicted molar refractivity (Wildman–Crippen MR) is 78.0 cm³/mol. The second-order valence-corrected chi connectivity index (χ2v) is 4.92. The first-order valence-corrected chi connectivity index (χ1v) is 6.51. The van der Waals surface area contributed by atoms with Crippen LogP contribution >= 0.6 is 11.6 Å². The summed E-state index contributed by atoms with van der Waals surface area (Å²) in [4.78, 5) is 4.12. The van der Waals surface area contributed by atoms with Crippen molar-refractivity contribution in [2.75, 3.05) is 7.05 Å². The molecule has 1 heterocycles. The van der Waals surface area contributed by atoms with Crippen molar-refractivity contribution >= 4 is 11.6 Å². The smallest absolute Gasteiger partial charge is 0.150 e. The highest BCUT2D eigenvalue weighted by atomic mass is 35.5. The minimum atomic E-state index is 0.726. The van der Waals surface area contributed by atoms with Crippen LogP contribution in [0.1, 0.15) is 16.7 Å². The molecule has 100 valence electrons. The first-order chi connectivity index (χ1) is 9.11. The average molecular weight is 277 g/mol. The van der Waals surface area contributed by atoms with E-state index in [9.17, 15) is 0 Å². The number of nitrogens with one attached hydrogen (secondary N) is 1. The Morgan fingerprint density at radius 2 is 1.95 bits per heavy atom. The van der Waals surface area contributed by atoms with Crippen molar-refractivity contribution in [1.29, 1.82) is 0 Å².